The van der Waals surface area contributed by atoms with E-state index >= 15 is 0 Å². The monoisotopic (exact) mass is 350 g/mol. The summed E-state index contributed by atoms with van der Waals surface area (Å²) in [7, 11) is 0. The molecule has 0 aliphatic carbocycles. The number of aliphatic imine (C=N–C) groups is 1. The molecule has 1 aromatic heterocycles. The second kappa shape index (κ2) is 7.23. The summed E-state index contributed by atoms with van der Waals surface area (Å²) in [5, 5.41) is 14.0. The molecule has 0 fully saturated rings. The maximum absolute atomic E-state index is 11.9. The molecule has 7 heteroatoms. The van der Waals surface area contributed by atoms with E-state index in [1.807, 2.05) is 37.3 Å². The molecule has 1 atom stereocenters. The first-order valence-electron chi connectivity index (χ1n) is 8.20. The van der Waals surface area contributed by atoms with Crippen LogP contribution in [0.5, 0.6) is 5.88 Å². The Bertz CT molecular complexity index is 936. The highest BCUT2D eigenvalue weighted by Crippen LogP contribution is 2.44. The number of benzene rings is 1. The van der Waals surface area contributed by atoms with E-state index in [1.54, 1.807) is 6.92 Å². The van der Waals surface area contributed by atoms with Crippen molar-refractivity contribution in [2.75, 3.05) is 6.61 Å². The van der Waals surface area contributed by atoms with Crippen LogP contribution in [0.3, 0.4) is 0 Å². The third-order valence-electron chi connectivity index (χ3n) is 4.09. The summed E-state index contributed by atoms with van der Waals surface area (Å²) in [6.07, 6.45) is 1.24. The van der Waals surface area contributed by atoms with Crippen molar-refractivity contribution in [2.45, 2.75) is 26.7 Å². The predicted molar refractivity (Wildman–Crippen MR) is 94.9 cm³/mol. The topological polar surface area (TPSA) is 89.5 Å². The molecule has 3 rings (SSSR count). The highest BCUT2D eigenvalue weighted by atomic mass is 16.5. The standard InChI is InChI=1S/C19H18N4O3/c1-4-25-11-21-18-15(10-20)17(14-8-6-5-7-9-14)16-12(2)23(13(3)24)22-19(16)26-18/h5-9,11,17H,4H2,1-3H3/t17-/m1/s1. The molecule has 1 aliphatic heterocycles. The van der Waals surface area contributed by atoms with E-state index in [-0.39, 0.29) is 17.7 Å². The fourth-order valence-corrected chi connectivity index (χ4v) is 2.96. The van der Waals surface area contributed by atoms with Gasteiger partial charge in [0, 0.05) is 6.92 Å². The van der Waals surface area contributed by atoms with Crippen LogP contribution in [0, 0.1) is 18.3 Å². The number of nitrogens with zero attached hydrogens (tertiary/aromatic N) is 4. The summed E-state index contributed by atoms with van der Waals surface area (Å²) in [6.45, 7) is 5.49. The van der Waals surface area contributed by atoms with Gasteiger partial charge in [-0.1, -0.05) is 30.3 Å². The van der Waals surface area contributed by atoms with Crippen molar-refractivity contribution in [3.8, 4) is 11.9 Å². The van der Waals surface area contributed by atoms with Crippen LogP contribution in [0.15, 0.2) is 46.8 Å². The molecule has 0 unspecified atom stereocenters. The maximum Gasteiger partial charge on any atom is 0.245 e. The average Bonchev–Trinajstić information content (AvgIpc) is 2.98. The molecule has 0 amide bonds. The third kappa shape index (κ3) is 2.97. The van der Waals surface area contributed by atoms with Gasteiger partial charge in [-0.05, 0) is 19.4 Å². The first kappa shape index (κ1) is 17.4. The van der Waals surface area contributed by atoms with Crippen LogP contribution in [0.25, 0.3) is 0 Å². The molecule has 1 aromatic carbocycles. The molecule has 7 nitrogen and oxygen atoms in total. The lowest BCUT2D eigenvalue weighted by atomic mass is 9.84. The minimum atomic E-state index is -0.424. The van der Waals surface area contributed by atoms with Crippen LogP contribution in [-0.4, -0.2) is 28.7 Å². The van der Waals surface area contributed by atoms with Gasteiger partial charge >= 0.3 is 0 Å². The molecule has 2 aromatic rings. The van der Waals surface area contributed by atoms with Gasteiger partial charge in [-0.3, -0.25) is 4.79 Å². The smallest absolute Gasteiger partial charge is 0.245 e. The molecular formula is C19H18N4O3. The van der Waals surface area contributed by atoms with Crippen molar-refractivity contribution < 1.29 is 14.3 Å². The van der Waals surface area contributed by atoms with Gasteiger partial charge in [0.05, 0.1) is 23.8 Å². The molecule has 2 heterocycles. The zero-order valence-electron chi connectivity index (χ0n) is 14.8. The number of ether oxygens (including phenoxy) is 2. The fourth-order valence-electron chi connectivity index (χ4n) is 2.96. The Hall–Kier alpha value is -3.40. The van der Waals surface area contributed by atoms with Crippen molar-refractivity contribution in [2.24, 2.45) is 4.99 Å². The van der Waals surface area contributed by atoms with Crippen LogP contribution < -0.4 is 4.74 Å². The van der Waals surface area contributed by atoms with Gasteiger partial charge in [-0.15, -0.1) is 5.10 Å². The van der Waals surface area contributed by atoms with E-state index in [0.717, 1.165) is 5.56 Å². The van der Waals surface area contributed by atoms with Crippen LogP contribution >= 0.6 is 0 Å². The third-order valence-corrected chi connectivity index (χ3v) is 4.09. The number of carbonyl (C=O) groups excluding carboxylic acids is 1. The molecule has 0 bridgehead atoms. The van der Waals surface area contributed by atoms with E-state index in [0.29, 0.717) is 23.4 Å². The summed E-state index contributed by atoms with van der Waals surface area (Å²) >= 11 is 0. The van der Waals surface area contributed by atoms with Gasteiger partial charge in [-0.2, -0.15) is 10.3 Å². The Morgan fingerprint density at radius 2 is 2.19 bits per heavy atom. The average molecular weight is 350 g/mol. The summed E-state index contributed by atoms with van der Waals surface area (Å²) in [4.78, 5) is 16.0. The van der Waals surface area contributed by atoms with Gasteiger partial charge in [0.15, 0.2) is 6.40 Å². The van der Waals surface area contributed by atoms with Crippen molar-refractivity contribution in [3.63, 3.8) is 0 Å². The maximum atomic E-state index is 11.9. The predicted octanol–water partition coefficient (Wildman–Crippen LogP) is 3.18. The number of hydrogen-bond donors (Lipinski definition) is 0. The zero-order chi connectivity index (χ0) is 18.7. The molecular weight excluding hydrogens is 332 g/mol. The number of fused-ring (bicyclic) bond motifs is 1. The Balaban J connectivity index is 2.22. The van der Waals surface area contributed by atoms with E-state index < -0.39 is 5.92 Å². The normalized spacial score (nSPS) is 16.2. The summed E-state index contributed by atoms with van der Waals surface area (Å²) in [5.74, 6) is -0.262. The van der Waals surface area contributed by atoms with Gasteiger partial charge in [-0.25, -0.2) is 4.68 Å². The Morgan fingerprint density at radius 1 is 1.46 bits per heavy atom. The quantitative estimate of drug-likeness (QED) is 0.624. The molecule has 0 spiro atoms. The molecule has 132 valence electrons. The highest BCUT2D eigenvalue weighted by Gasteiger charge is 2.36. The number of hydrogen-bond acceptors (Lipinski definition) is 6. The lowest BCUT2D eigenvalue weighted by Gasteiger charge is -2.23. The minimum Gasteiger partial charge on any atom is -0.483 e. The number of rotatable bonds is 4. The minimum absolute atomic E-state index is 0.121. The molecule has 0 radical (unpaired) electrons. The van der Waals surface area contributed by atoms with E-state index in [2.05, 4.69) is 16.2 Å². The van der Waals surface area contributed by atoms with Crippen LogP contribution in [0.1, 0.15) is 41.4 Å². The van der Waals surface area contributed by atoms with E-state index in [4.69, 9.17) is 9.47 Å². The first-order chi connectivity index (χ1) is 12.6. The molecule has 1 aliphatic rings. The van der Waals surface area contributed by atoms with Gasteiger partial charge < -0.3 is 9.47 Å². The number of allylic oxidation sites excluding steroid dienone is 1. The Labute approximate surface area is 151 Å². The van der Waals surface area contributed by atoms with Crippen LogP contribution in [0.2, 0.25) is 0 Å². The molecule has 0 saturated carbocycles. The largest absolute Gasteiger partial charge is 0.483 e. The van der Waals surface area contributed by atoms with Gasteiger partial charge in [0.25, 0.3) is 0 Å². The van der Waals surface area contributed by atoms with Gasteiger partial charge in [0.1, 0.15) is 11.6 Å². The molecule has 0 saturated heterocycles. The Morgan fingerprint density at radius 3 is 2.81 bits per heavy atom. The number of aromatic nitrogens is 2. The molecule has 0 N–H and O–H groups in total. The highest BCUT2D eigenvalue weighted by molar-refractivity contribution is 5.77. The lowest BCUT2D eigenvalue weighted by Crippen LogP contribution is -2.16. The fraction of sp³-hybridized carbons (Fsp3) is 0.263. The van der Waals surface area contributed by atoms with Gasteiger partial charge in [0.2, 0.25) is 17.7 Å². The molecule has 26 heavy (non-hydrogen) atoms. The summed E-state index contributed by atoms with van der Waals surface area (Å²) in [6, 6.07) is 11.7. The lowest BCUT2D eigenvalue weighted by molar-refractivity contribution is 0.0917. The second-order valence-corrected chi connectivity index (χ2v) is 5.70. The summed E-state index contributed by atoms with van der Waals surface area (Å²) in [5.41, 5.74) is 2.56. The number of nitriles is 1. The van der Waals surface area contributed by atoms with Crippen molar-refractivity contribution >= 4 is 12.3 Å². The second-order valence-electron chi connectivity index (χ2n) is 5.70. The van der Waals surface area contributed by atoms with E-state index in [1.165, 1.54) is 18.0 Å². The van der Waals surface area contributed by atoms with E-state index in [9.17, 15) is 10.1 Å². The zero-order valence-corrected chi connectivity index (χ0v) is 14.8. The summed E-state index contributed by atoms with van der Waals surface area (Å²) < 4.78 is 12.2. The first-order valence-corrected chi connectivity index (χ1v) is 8.20. The number of carbonyl (C=O) groups is 1. The van der Waals surface area contributed by atoms with Crippen LogP contribution in [0.4, 0.5) is 0 Å². The SMILES string of the molecule is CCOC=NC1=C(C#N)[C@@H](c2ccccc2)c2c(nn(C(C)=O)c2C)O1. The van der Waals surface area contributed by atoms with Crippen molar-refractivity contribution in [1.29, 1.82) is 5.26 Å². The van der Waals surface area contributed by atoms with Crippen LogP contribution in [-0.2, 0) is 4.74 Å². The van der Waals surface area contributed by atoms with Crippen molar-refractivity contribution in [3.05, 3.63) is 58.6 Å². The van der Waals surface area contributed by atoms with Crippen molar-refractivity contribution in [1.82, 2.24) is 9.78 Å². The Kier molecular flexibility index (Phi) is 4.85.